The smallest absolute Gasteiger partial charge is 0.311 e. The first-order chi connectivity index (χ1) is 9.74. The zero-order chi connectivity index (χ0) is 15.7. The molecule has 0 aliphatic heterocycles. The van der Waals surface area contributed by atoms with Crippen LogP contribution >= 0.6 is 0 Å². The molecule has 0 bridgehead atoms. The van der Waals surface area contributed by atoms with Gasteiger partial charge in [-0.1, -0.05) is 27.2 Å². The molecule has 4 nitrogen and oxygen atoms in total. The Morgan fingerprint density at radius 2 is 1.71 bits per heavy atom. The predicted octanol–water partition coefficient (Wildman–Crippen LogP) is 3.21. The van der Waals surface area contributed by atoms with Crippen molar-refractivity contribution >= 4 is 11.9 Å². The van der Waals surface area contributed by atoms with Gasteiger partial charge in [-0.3, -0.25) is 9.59 Å². The van der Waals surface area contributed by atoms with Gasteiger partial charge in [0.1, 0.15) is 0 Å². The van der Waals surface area contributed by atoms with Crippen LogP contribution in [0.3, 0.4) is 0 Å². The number of rotatable bonds is 4. The highest BCUT2D eigenvalue weighted by Gasteiger charge is 2.44. The van der Waals surface area contributed by atoms with Gasteiger partial charge in [0.05, 0.1) is 5.41 Å². The normalized spacial score (nSPS) is 28.5. The summed E-state index contributed by atoms with van der Waals surface area (Å²) in [5.74, 6) is 0.0773. The molecule has 0 spiro atoms. The van der Waals surface area contributed by atoms with E-state index in [0.717, 1.165) is 32.1 Å². The van der Waals surface area contributed by atoms with Crippen molar-refractivity contribution in [3.05, 3.63) is 0 Å². The molecule has 0 aromatic carbocycles. The molecule has 0 heterocycles. The van der Waals surface area contributed by atoms with E-state index in [2.05, 4.69) is 26.1 Å². The second-order valence-corrected chi connectivity index (χ2v) is 8.07. The molecule has 2 fully saturated rings. The minimum atomic E-state index is -0.759. The lowest BCUT2D eigenvalue weighted by Crippen LogP contribution is -2.49. The molecule has 2 N–H and O–H groups in total. The lowest BCUT2D eigenvalue weighted by Gasteiger charge is -2.39. The number of carboxylic acid groups (broad SMARTS) is 1. The van der Waals surface area contributed by atoms with E-state index in [9.17, 15) is 14.7 Å². The molecule has 0 radical (unpaired) electrons. The van der Waals surface area contributed by atoms with E-state index < -0.39 is 11.4 Å². The van der Waals surface area contributed by atoms with Crippen molar-refractivity contribution in [3.8, 4) is 0 Å². The van der Waals surface area contributed by atoms with Gasteiger partial charge < -0.3 is 10.4 Å². The molecule has 2 aliphatic carbocycles. The van der Waals surface area contributed by atoms with Crippen molar-refractivity contribution in [1.82, 2.24) is 5.32 Å². The molecular formula is C17H29NO3. The Kier molecular flexibility index (Phi) is 4.64. The van der Waals surface area contributed by atoms with Crippen LogP contribution in [0.4, 0.5) is 0 Å². The van der Waals surface area contributed by atoms with Gasteiger partial charge in [-0.15, -0.1) is 0 Å². The third-order valence-corrected chi connectivity index (χ3v) is 5.69. The quantitative estimate of drug-likeness (QED) is 0.837. The maximum absolute atomic E-state index is 12.3. The number of nitrogens with one attached hydrogen (secondary N) is 1. The Morgan fingerprint density at radius 3 is 2.10 bits per heavy atom. The monoisotopic (exact) mass is 295 g/mol. The first kappa shape index (κ1) is 16.3. The van der Waals surface area contributed by atoms with Gasteiger partial charge >= 0.3 is 5.97 Å². The van der Waals surface area contributed by atoms with Crippen molar-refractivity contribution < 1.29 is 14.7 Å². The molecular weight excluding hydrogens is 266 g/mol. The Hall–Kier alpha value is -1.06. The number of hydrogen-bond donors (Lipinski definition) is 2. The predicted molar refractivity (Wildman–Crippen MR) is 81.8 cm³/mol. The van der Waals surface area contributed by atoms with Gasteiger partial charge in [-0.05, 0) is 49.9 Å². The van der Waals surface area contributed by atoms with Crippen molar-refractivity contribution in [2.24, 2.45) is 22.7 Å². The van der Waals surface area contributed by atoms with Crippen LogP contribution in [0.5, 0.6) is 0 Å². The number of carbonyl (C=O) groups excluding carboxylic acids is 1. The molecule has 4 heteroatoms. The maximum atomic E-state index is 12.3. The summed E-state index contributed by atoms with van der Waals surface area (Å²) in [6, 6.07) is 0. The first-order valence-corrected chi connectivity index (χ1v) is 8.26. The van der Waals surface area contributed by atoms with Gasteiger partial charge in [0.2, 0.25) is 5.91 Å². The molecule has 120 valence electrons. The fourth-order valence-electron chi connectivity index (χ4n) is 3.69. The van der Waals surface area contributed by atoms with Gasteiger partial charge in [-0.2, -0.15) is 0 Å². The molecule has 21 heavy (non-hydrogen) atoms. The highest BCUT2D eigenvalue weighted by molar-refractivity contribution is 5.81. The van der Waals surface area contributed by atoms with Crippen molar-refractivity contribution in [1.29, 1.82) is 0 Å². The van der Waals surface area contributed by atoms with E-state index in [4.69, 9.17) is 0 Å². The zero-order valence-electron chi connectivity index (χ0n) is 13.6. The number of amides is 1. The standard InChI is InChI=1S/C17H29NO3/c1-16(2,3)13-7-5-12(6-8-13)14(19)18-11-17(15(20)21)9-4-10-17/h12-13H,4-11H2,1-3H3,(H,18,19)(H,20,21). The van der Waals surface area contributed by atoms with E-state index in [1.165, 1.54) is 0 Å². The van der Waals surface area contributed by atoms with E-state index in [1.807, 2.05) is 0 Å². The van der Waals surface area contributed by atoms with Crippen LogP contribution in [0.1, 0.15) is 65.7 Å². The van der Waals surface area contributed by atoms with E-state index in [0.29, 0.717) is 30.7 Å². The van der Waals surface area contributed by atoms with Crippen LogP contribution < -0.4 is 5.32 Å². The molecule has 1 amide bonds. The lowest BCUT2D eigenvalue weighted by molar-refractivity contribution is -0.154. The molecule has 2 saturated carbocycles. The summed E-state index contributed by atoms with van der Waals surface area (Å²) < 4.78 is 0. The summed E-state index contributed by atoms with van der Waals surface area (Å²) in [7, 11) is 0. The Bertz CT molecular complexity index is 399. The van der Waals surface area contributed by atoms with Crippen molar-refractivity contribution in [2.45, 2.75) is 65.7 Å². The van der Waals surface area contributed by atoms with E-state index in [1.54, 1.807) is 0 Å². The number of hydrogen-bond acceptors (Lipinski definition) is 2. The highest BCUT2D eigenvalue weighted by Crippen LogP contribution is 2.42. The van der Waals surface area contributed by atoms with Crippen LogP contribution in [0, 0.1) is 22.7 Å². The Morgan fingerprint density at radius 1 is 1.14 bits per heavy atom. The van der Waals surface area contributed by atoms with Gasteiger partial charge in [-0.25, -0.2) is 0 Å². The fourth-order valence-corrected chi connectivity index (χ4v) is 3.69. The summed E-state index contributed by atoms with van der Waals surface area (Å²) in [5, 5.41) is 12.2. The summed E-state index contributed by atoms with van der Waals surface area (Å²) in [6.45, 7) is 7.11. The maximum Gasteiger partial charge on any atom is 0.311 e. The molecule has 0 aromatic heterocycles. The third-order valence-electron chi connectivity index (χ3n) is 5.69. The van der Waals surface area contributed by atoms with Crippen LogP contribution in [0.15, 0.2) is 0 Å². The second kappa shape index (κ2) is 5.98. The van der Waals surface area contributed by atoms with Gasteiger partial charge in [0, 0.05) is 12.5 Å². The number of aliphatic carboxylic acids is 1. The minimum absolute atomic E-state index is 0.0647. The van der Waals surface area contributed by atoms with Crippen LogP contribution in [-0.2, 0) is 9.59 Å². The molecule has 0 aromatic rings. The van der Waals surface area contributed by atoms with E-state index >= 15 is 0 Å². The van der Waals surface area contributed by atoms with E-state index in [-0.39, 0.29) is 11.8 Å². The summed E-state index contributed by atoms with van der Waals surface area (Å²) >= 11 is 0. The summed E-state index contributed by atoms with van der Waals surface area (Å²) in [6.07, 6.45) is 6.43. The van der Waals surface area contributed by atoms with Crippen molar-refractivity contribution in [2.75, 3.05) is 6.54 Å². The first-order valence-electron chi connectivity index (χ1n) is 8.26. The van der Waals surface area contributed by atoms with Crippen LogP contribution in [0.2, 0.25) is 0 Å². The number of carboxylic acids is 1. The topological polar surface area (TPSA) is 66.4 Å². The largest absolute Gasteiger partial charge is 0.481 e. The average molecular weight is 295 g/mol. The van der Waals surface area contributed by atoms with Crippen molar-refractivity contribution in [3.63, 3.8) is 0 Å². The highest BCUT2D eigenvalue weighted by atomic mass is 16.4. The average Bonchev–Trinajstić information content (AvgIpc) is 2.36. The molecule has 2 rings (SSSR count). The lowest BCUT2D eigenvalue weighted by atomic mass is 9.68. The second-order valence-electron chi connectivity index (χ2n) is 8.07. The SMILES string of the molecule is CC(C)(C)C1CCC(C(=O)NCC2(C(=O)O)CCC2)CC1. The zero-order valence-corrected chi connectivity index (χ0v) is 13.6. The third kappa shape index (κ3) is 3.58. The van der Waals surface area contributed by atoms with Crippen LogP contribution in [-0.4, -0.2) is 23.5 Å². The fraction of sp³-hybridized carbons (Fsp3) is 0.882. The summed E-state index contributed by atoms with van der Waals surface area (Å²) in [5.41, 5.74) is -0.362. The molecule has 0 unspecified atom stereocenters. The minimum Gasteiger partial charge on any atom is -0.481 e. The van der Waals surface area contributed by atoms with Gasteiger partial charge in [0.15, 0.2) is 0 Å². The van der Waals surface area contributed by atoms with Crippen LogP contribution in [0.25, 0.3) is 0 Å². The molecule has 0 saturated heterocycles. The molecule has 0 atom stereocenters. The Labute approximate surface area is 127 Å². The molecule has 2 aliphatic rings. The van der Waals surface area contributed by atoms with Gasteiger partial charge in [0.25, 0.3) is 0 Å². The number of carbonyl (C=O) groups is 2. The Balaban J connectivity index is 1.79. The summed E-state index contributed by atoms with van der Waals surface area (Å²) in [4.78, 5) is 23.6.